The van der Waals surface area contributed by atoms with E-state index in [0.717, 1.165) is 0 Å². The molecule has 1 aromatic rings. The monoisotopic (exact) mass is 242 g/mol. The molecule has 0 aliphatic carbocycles. The van der Waals surface area contributed by atoms with Crippen LogP contribution in [-0.4, -0.2) is 24.1 Å². The van der Waals surface area contributed by atoms with Crippen molar-refractivity contribution in [2.75, 3.05) is 18.1 Å². The number of hydrogen-bond donors (Lipinski definition) is 2. The summed E-state index contributed by atoms with van der Waals surface area (Å²) in [7, 11) is 0. The highest BCUT2D eigenvalue weighted by molar-refractivity contribution is 7.99. The molecule has 1 atom stereocenters. The average Bonchev–Trinajstić information content (AvgIpc) is 2.26. The normalized spacial score (nSPS) is 11.9. The van der Waals surface area contributed by atoms with Crippen molar-refractivity contribution < 1.29 is 9.18 Å². The van der Waals surface area contributed by atoms with Gasteiger partial charge in [0.1, 0.15) is 5.82 Å². The van der Waals surface area contributed by atoms with Gasteiger partial charge in [0, 0.05) is 17.5 Å². The number of anilines is 1. The number of hydrogen-bond acceptors (Lipinski definition) is 2. The molecule has 1 aromatic carbocycles. The Morgan fingerprint density at radius 3 is 2.94 bits per heavy atom. The zero-order valence-electron chi connectivity index (χ0n) is 9.29. The zero-order valence-corrected chi connectivity index (χ0v) is 10.1. The fourth-order valence-corrected chi connectivity index (χ4v) is 1.31. The molecule has 2 N–H and O–H groups in total. The van der Waals surface area contributed by atoms with E-state index in [-0.39, 0.29) is 11.8 Å². The molecule has 0 spiro atoms. The van der Waals surface area contributed by atoms with Gasteiger partial charge in [-0.15, -0.1) is 0 Å². The second-order valence-electron chi connectivity index (χ2n) is 3.39. The molecular weight excluding hydrogens is 227 g/mol. The molecule has 3 nitrogen and oxygen atoms in total. The molecule has 0 bridgehead atoms. The smallest absolute Gasteiger partial charge is 0.319 e. The minimum Gasteiger partial charge on any atom is -0.337 e. The van der Waals surface area contributed by atoms with Crippen molar-refractivity contribution in [3.8, 4) is 0 Å². The Morgan fingerprint density at radius 1 is 1.56 bits per heavy atom. The third kappa shape index (κ3) is 4.53. The van der Waals surface area contributed by atoms with Gasteiger partial charge >= 0.3 is 6.03 Å². The Hall–Kier alpha value is -1.23. The summed E-state index contributed by atoms with van der Waals surface area (Å²) in [5.74, 6) is -0.365. The van der Waals surface area contributed by atoms with Crippen molar-refractivity contribution in [2.45, 2.75) is 12.2 Å². The van der Waals surface area contributed by atoms with Crippen LogP contribution in [0.15, 0.2) is 24.3 Å². The van der Waals surface area contributed by atoms with Crippen LogP contribution in [-0.2, 0) is 0 Å². The Kier molecular flexibility index (Phi) is 5.11. The van der Waals surface area contributed by atoms with Crippen molar-refractivity contribution >= 4 is 23.5 Å². The Morgan fingerprint density at radius 2 is 2.31 bits per heavy atom. The highest BCUT2D eigenvalue weighted by atomic mass is 32.2. The first-order chi connectivity index (χ1) is 7.61. The van der Waals surface area contributed by atoms with Crippen LogP contribution in [0.3, 0.4) is 0 Å². The molecular formula is C11H15FN2OS. The van der Waals surface area contributed by atoms with E-state index < -0.39 is 0 Å². The summed E-state index contributed by atoms with van der Waals surface area (Å²) in [6.45, 7) is 2.61. The number of urea groups is 1. The van der Waals surface area contributed by atoms with E-state index in [4.69, 9.17) is 0 Å². The molecule has 0 aliphatic heterocycles. The maximum absolute atomic E-state index is 12.8. The van der Waals surface area contributed by atoms with E-state index in [1.807, 2.05) is 13.2 Å². The molecule has 0 aliphatic rings. The third-order valence-corrected chi connectivity index (χ3v) is 3.01. The lowest BCUT2D eigenvalue weighted by molar-refractivity contribution is 0.252. The average molecular weight is 242 g/mol. The van der Waals surface area contributed by atoms with Crippen molar-refractivity contribution in [3.63, 3.8) is 0 Å². The van der Waals surface area contributed by atoms with Crippen molar-refractivity contribution in [1.82, 2.24) is 5.32 Å². The number of halogens is 1. The van der Waals surface area contributed by atoms with E-state index in [1.165, 1.54) is 12.1 Å². The lowest BCUT2D eigenvalue weighted by atomic mass is 10.3. The number of carbonyl (C=O) groups excluding carboxylic acids is 1. The second-order valence-corrected chi connectivity index (χ2v) is 4.67. The molecule has 2 amide bonds. The fraction of sp³-hybridized carbons (Fsp3) is 0.364. The van der Waals surface area contributed by atoms with Gasteiger partial charge < -0.3 is 10.6 Å². The van der Waals surface area contributed by atoms with Crippen LogP contribution in [0.2, 0.25) is 0 Å². The van der Waals surface area contributed by atoms with Crippen molar-refractivity contribution in [2.24, 2.45) is 0 Å². The van der Waals surface area contributed by atoms with Gasteiger partial charge in [-0.05, 0) is 24.5 Å². The van der Waals surface area contributed by atoms with Crippen LogP contribution in [0, 0.1) is 5.82 Å². The maximum Gasteiger partial charge on any atom is 0.319 e. The topological polar surface area (TPSA) is 41.1 Å². The Balaban J connectivity index is 2.40. The number of benzene rings is 1. The molecule has 0 saturated heterocycles. The van der Waals surface area contributed by atoms with E-state index in [2.05, 4.69) is 10.6 Å². The zero-order chi connectivity index (χ0) is 12.0. The molecule has 5 heteroatoms. The lowest BCUT2D eigenvalue weighted by Gasteiger charge is -2.10. The molecule has 0 aromatic heterocycles. The SMILES string of the molecule is CSC(C)CNC(=O)Nc1cccc(F)c1. The van der Waals surface area contributed by atoms with Crippen LogP contribution >= 0.6 is 11.8 Å². The Bertz CT molecular complexity index is 360. The van der Waals surface area contributed by atoms with Crippen LogP contribution in [0.25, 0.3) is 0 Å². The molecule has 0 radical (unpaired) electrons. The van der Waals surface area contributed by atoms with Gasteiger partial charge in [0.2, 0.25) is 0 Å². The quantitative estimate of drug-likeness (QED) is 0.852. The lowest BCUT2D eigenvalue weighted by Crippen LogP contribution is -2.33. The highest BCUT2D eigenvalue weighted by Gasteiger charge is 2.04. The standard InChI is InChI=1S/C11H15FN2OS/c1-8(16-2)7-13-11(15)14-10-5-3-4-9(12)6-10/h3-6,8H,7H2,1-2H3,(H2,13,14,15). The predicted octanol–water partition coefficient (Wildman–Crippen LogP) is 2.70. The van der Waals surface area contributed by atoms with Gasteiger partial charge in [-0.2, -0.15) is 11.8 Å². The summed E-state index contributed by atoms with van der Waals surface area (Å²) in [6, 6.07) is 5.48. The number of amides is 2. The predicted molar refractivity (Wildman–Crippen MR) is 66.4 cm³/mol. The molecule has 0 fully saturated rings. The molecule has 1 unspecified atom stereocenters. The van der Waals surface area contributed by atoms with Crippen LogP contribution in [0.1, 0.15) is 6.92 Å². The van der Waals surface area contributed by atoms with Crippen molar-refractivity contribution in [3.05, 3.63) is 30.1 Å². The minimum absolute atomic E-state index is 0.313. The first kappa shape index (κ1) is 12.8. The van der Waals surface area contributed by atoms with Crippen LogP contribution in [0.5, 0.6) is 0 Å². The van der Waals surface area contributed by atoms with Gasteiger partial charge in [-0.1, -0.05) is 13.0 Å². The first-order valence-electron chi connectivity index (χ1n) is 4.95. The Labute approximate surface area is 98.8 Å². The summed E-state index contributed by atoms with van der Waals surface area (Å²) < 4.78 is 12.8. The summed E-state index contributed by atoms with van der Waals surface area (Å²) in [5, 5.41) is 5.63. The van der Waals surface area contributed by atoms with Gasteiger partial charge in [0.15, 0.2) is 0 Å². The molecule has 88 valence electrons. The largest absolute Gasteiger partial charge is 0.337 e. The van der Waals surface area contributed by atoms with Gasteiger partial charge in [-0.25, -0.2) is 9.18 Å². The van der Waals surface area contributed by atoms with E-state index in [9.17, 15) is 9.18 Å². The third-order valence-electron chi connectivity index (χ3n) is 2.03. The van der Waals surface area contributed by atoms with E-state index in [0.29, 0.717) is 17.5 Å². The number of thioether (sulfide) groups is 1. The number of rotatable bonds is 4. The van der Waals surface area contributed by atoms with Gasteiger partial charge in [0.25, 0.3) is 0 Å². The van der Waals surface area contributed by atoms with Crippen LogP contribution < -0.4 is 10.6 Å². The van der Waals surface area contributed by atoms with E-state index >= 15 is 0 Å². The maximum atomic E-state index is 12.8. The van der Waals surface area contributed by atoms with Gasteiger partial charge in [-0.3, -0.25) is 0 Å². The summed E-state index contributed by atoms with van der Waals surface area (Å²) in [4.78, 5) is 11.4. The number of nitrogens with one attached hydrogen (secondary N) is 2. The molecule has 0 saturated carbocycles. The second kappa shape index (κ2) is 6.37. The van der Waals surface area contributed by atoms with Crippen molar-refractivity contribution in [1.29, 1.82) is 0 Å². The minimum atomic E-state index is -0.365. The summed E-state index contributed by atoms with van der Waals surface area (Å²) in [5.41, 5.74) is 0.453. The molecule has 1 rings (SSSR count). The summed E-state index contributed by atoms with van der Waals surface area (Å²) in [6.07, 6.45) is 1.98. The summed E-state index contributed by atoms with van der Waals surface area (Å²) >= 11 is 1.67. The first-order valence-corrected chi connectivity index (χ1v) is 6.24. The van der Waals surface area contributed by atoms with Crippen LogP contribution in [0.4, 0.5) is 14.9 Å². The molecule has 16 heavy (non-hydrogen) atoms. The van der Waals surface area contributed by atoms with E-state index in [1.54, 1.807) is 23.9 Å². The van der Waals surface area contributed by atoms with Gasteiger partial charge in [0.05, 0.1) is 0 Å². The fourth-order valence-electron chi connectivity index (χ4n) is 1.06. The highest BCUT2D eigenvalue weighted by Crippen LogP contribution is 2.08. The number of carbonyl (C=O) groups is 1. The molecule has 0 heterocycles.